The third-order valence-corrected chi connectivity index (χ3v) is 6.63. The number of sulfonamides is 1. The van der Waals surface area contributed by atoms with Gasteiger partial charge in [-0.2, -0.15) is 0 Å². The van der Waals surface area contributed by atoms with Crippen molar-refractivity contribution < 1.29 is 22.4 Å². The van der Waals surface area contributed by atoms with Crippen LogP contribution >= 0.6 is 0 Å². The van der Waals surface area contributed by atoms with Crippen molar-refractivity contribution in [1.82, 2.24) is 0 Å². The Hall–Kier alpha value is -3.26. The fourth-order valence-corrected chi connectivity index (χ4v) is 4.91. The van der Waals surface area contributed by atoms with E-state index in [1.165, 1.54) is 17.7 Å². The van der Waals surface area contributed by atoms with Gasteiger partial charge in [0.2, 0.25) is 0 Å². The normalized spacial score (nSPS) is 13.6. The number of rotatable bonds is 5. The summed E-state index contributed by atoms with van der Waals surface area (Å²) in [7, 11) is -2.16. The molecule has 0 bridgehead atoms. The van der Waals surface area contributed by atoms with Crippen molar-refractivity contribution in [2.75, 3.05) is 23.3 Å². The zero-order chi connectivity index (χ0) is 20.4. The first-order chi connectivity index (χ1) is 14.0. The predicted octanol–water partition coefficient (Wildman–Crippen LogP) is 3.68. The highest BCUT2D eigenvalue weighted by molar-refractivity contribution is 7.92. The molecule has 0 radical (unpaired) electrons. The monoisotopic (exact) mass is 412 g/mol. The summed E-state index contributed by atoms with van der Waals surface area (Å²) in [6.07, 6.45) is 2.86. The molecule has 0 atom stereocenters. The van der Waals surface area contributed by atoms with Crippen LogP contribution in [0.4, 0.5) is 11.4 Å². The number of fused-ring (bicyclic) bond motifs is 1. The molecule has 8 heteroatoms. The van der Waals surface area contributed by atoms with Gasteiger partial charge in [0, 0.05) is 12.2 Å². The molecule has 1 aliphatic rings. The van der Waals surface area contributed by atoms with Gasteiger partial charge in [0.15, 0.2) is 5.76 Å². The largest absolute Gasteiger partial charge is 0.497 e. The van der Waals surface area contributed by atoms with Crippen LogP contribution in [-0.4, -0.2) is 28.0 Å². The second-order valence-corrected chi connectivity index (χ2v) is 8.49. The Bertz CT molecular complexity index is 1120. The highest BCUT2D eigenvalue weighted by Crippen LogP contribution is 2.34. The van der Waals surface area contributed by atoms with Gasteiger partial charge in [-0.1, -0.05) is 0 Å². The minimum absolute atomic E-state index is 0.210. The standard InChI is InChI=1S/C21H20N2O5S/c1-27-17-7-9-18(10-8-17)29(25,26)23-12-2-4-15-14-16(6-11-19(15)23)22-21(24)20-5-3-13-28-20/h3,5-11,13-14H,2,4,12H2,1H3,(H,22,24). The van der Waals surface area contributed by atoms with Crippen molar-refractivity contribution in [2.24, 2.45) is 0 Å². The lowest BCUT2D eigenvalue weighted by molar-refractivity contribution is 0.0996. The third kappa shape index (κ3) is 3.71. The van der Waals surface area contributed by atoms with Crippen LogP contribution in [0, 0.1) is 0 Å². The molecule has 2 aromatic carbocycles. The third-order valence-electron chi connectivity index (χ3n) is 4.81. The smallest absolute Gasteiger partial charge is 0.291 e. The van der Waals surface area contributed by atoms with Gasteiger partial charge in [0.1, 0.15) is 5.75 Å². The highest BCUT2D eigenvalue weighted by Gasteiger charge is 2.29. The number of hydrogen-bond acceptors (Lipinski definition) is 5. The average Bonchev–Trinajstić information content (AvgIpc) is 3.28. The van der Waals surface area contributed by atoms with Gasteiger partial charge in [0.25, 0.3) is 15.9 Å². The van der Waals surface area contributed by atoms with Gasteiger partial charge in [-0.3, -0.25) is 9.10 Å². The highest BCUT2D eigenvalue weighted by atomic mass is 32.2. The van der Waals surface area contributed by atoms with Gasteiger partial charge in [0.05, 0.1) is 24.0 Å². The van der Waals surface area contributed by atoms with Crippen molar-refractivity contribution in [1.29, 1.82) is 0 Å². The lowest BCUT2D eigenvalue weighted by Gasteiger charge is -2.31. The van der Waals surface area contributed by atoms with Crippen LogP contribution in [0.3, 0.4) is 0 Å². The molecule has 1 amide bonds. The fraction of sp³-hybridized carbons (Fsp3) is 0.190. The molecule has 1 N–H and O–H groups in total. The van der Waals surface area contributed by atoms with Crippen molar-refractivity contribution in [3.63, 3.8) is 0 Å². The number of hydrogen-bond donors (Lipinski definition) is 1. The quantitative estimate of drug-likeness (QED) is 0.691. The van der Waals surface area contributed by atoms with Crippen LogP contribution in [-0.2, 0) is 16.4 Å². The molecule has 0 saturated carbocycles. The number of amides is 1. The number of anilines is 2. The van der Waals surface area contributed by atoms with Gasteiger partial charge in [-0.05, 0) is 73.0 Å². The van der Waals surface area contributed by atoms with Crippen LogP contribution < -0.4 is 14.4 Å². The molecule has 0 aliphatic carbocycles. The van der Waals surface area contributed by atoms with E-state index in [0.29, 0.717) is 30.1 Å². The summed E-state index contributed by atoms with van der Waals surface area (Å²) in [4.78, 5) is 12.4. The number of aryl methyl sites for hydroxylation is 1. The molecule has 2 heterocycles. The summed E-state index contributed by atoms with van der Waals surface area (Å²) in [6.45, 7) is 0.402. The minimum atomic E-state index is -3.70. The first-order valence-electron chi connectivity index (χ1n) is 9.13. The number of nitrogens with one attached hydrogen (secondary N) is 1. The number of methoxy groups -OCH3 is 1. The molecule has 150 valence electrons. The van der Waals surface area contributed by atoms with Gasteiger partial charge >= 0.3 is 0 Å². The predicted molar refractivity (Wildman–Crippen MR) is 109 cm³/mol. The molecule has 7 nitrogen and oxygen atoms in total. The van der Waals surface area contributed by atoms with Gasteiger partial charge in [-0.25, -0.2) is 8.42 Å². The summed E-state index contributed by atoms with van der Waals surface area (Å²) in [6, 6.07) is 14.8. The molecule has 4 rings (SSSR count). The second-order valence-electron chi connectivity index (χ2n) is 6.63. The maximum absolute atomic E-state index is 13.2. The summed E-state index contributed by atoms with van der Waals surface area (Å²) < 4.78 is 38.0. The second kappa shape index (κ2) is 7.63. The lowest BCUT2D eigenvalue weighted by Crippen LogP contribution is -2.35. The molecular weight excluding hydrogens is 392 g/mol. The Morgan fingerprint density at radius 3 is 2.62 bits per heavy atom. The van der Waals surface area contributed by atoms with E-state index in [2.05, 4.69) is 5.32 Å². The van der Waals surface area contributed by atoms with E-state index in [-0.39, 0.29) is 16.6 Å². The zero-order valence-electron chi connectivity index (χ0n) is 15.8. The summed E-state index contributed by atoms with van der Waals surface area (Å²) >= 11 is 0. The van der Waals surface area contributed by atoms with Crippen molar-refractivity contribution in [3.8, 4) is 5.75 Å². The Morgan fingerprint density at radius 2 is 1.93 bits per heavy atom. The number of carbonyl (C=O) groups is 1. The molecule has 1 aliphatic heterocycles. The molecule has 29 heavy (non-hydrogen) atoms. The van der Waals surface area contributed by atoms with E-state index in [4.69, 9.17) is 9.15 Å². The first kappa shape index (κ1) is 19.1. The Labute approximate surface area is 169 Å². The lowest BCUT2D eigenvalue weighted by atomic mass is 10.0. The van der Waals surface area contributed by atoms with E-state index in [9.17, 15) is 13.2 Å². The number of benzene rings is 2. The van der Waals surface area contributed by atoms with Crippen LogP contribution in [0.25, 0.3) is 0 Å². The molecular formula is C21H20N2O5S. The number of nitrogens with zero attached hydrogens (tertiary/aromatic N) is 1. The van der Waals surface area contributed by atoms with Crippen LogP contribution in [0.5, 0.6) is 5.75 Å². The topological polar surface area (TPSA) is 88.9 Å². The zero-order valence-corrected chi connectivity index (χ0v) is 16.6. The Morgan fingerprint density at radius 1 is 1.14 bits per heavy atom. The summed E-state index contributed by atoms with van der Waals surface area (Å²) in [5.41, 5.74) is 2.09. The Balaban J connectivity index is 1.61. The fourth-order valence-electron chi connectivity index (χ4n) is 3.37. The molecule has 3 aromatic rings. The van der Waals surface area contributed by atoms with E-state index >= 15 is 0 Å². The van der Waals surface area contributed by atoms with Crippen LogP contribution in [0.1, 0.15) is 22.5 Å². The molecule has 0 saturated heterocycles. The minimum Gasteiger partial charge on any atom is -0.497 e. The molecule has 1 aromatic heterocycles. The molecule has 0 unspecified atom stereocenters. The van der Waals surface area contributed by atoms with Crippen LogP contribution in [0.2, 0.25) is 0 Å². The van der Waals surface area contributed by atoms with Crippen LogP contribution in [0.15, 0.2) is 70.2 Å². The van der Waals surface area contributed by atoms with Crippen molar-refractivity contribution >= 4 is 27.3 Å². The van der Waals surface area contributed by atoms with E-state index in [1.807, 2.05) is 6.07 Å². The molecule has 0 fully saturated rings. The van der Waals surface area contributed by atoms with E-state index < -0.39 is 10.0 Å². The average molecular weight is 412 g/mol. The molecule has 0 spiro atoms. The van der Waals surface area contributed by atoms with Gasteiger partial charge in [-0.15, -0.1) is 0 Å². The first-order valence-corrected chi connectivity index (χ1v) is 10.6. The maximum Gasteiger partial charge on any atom is 0.291 e. The van der Waals surface area contributed by atoms with Crippen molar-refractivity contribution in [2.45, 2.75) is 17.7 Å². The maximum atomic E-state index is 13.2. The van der Waals surface area contributed by atoms with Crippen molar-refractivity contribution in [3.05, 3.63) is 72.2 Å². The number of carbonyl (C=O) groups excluding carboxylic acids is 1. The number of ether oxygens (including phenoxy) is 1. The summed E-state index contributed by atoms with van der Waals surface area (Å²) in [5.74, 6) is 0.458. The number of furan rings is 1. The van der Waals surface area contributed by atoms with E-state index in [0.717, 1.165) is 12.0 Å². The van der Waals surface area contributed by atoms with Gasteiger partial charge < -0.3 is 14.5 Å². The van der Waals surface area contributed by atoms with E-state index in [1.54, 1.807) is 48.5 Å². The Kier molecular flexibility index (Phi) is 5.02. The summed E-state index contributed by atoms with van der Waals surface area (Å²) in [5, 5.41) is 2.78. The SMILES string of the molecule is COc1ccc(S(=O)(=O)N2CCCc3cc(NC(=O)c4ccco4)ccc32)cc1.